The molecule has 0 atom stereocenters. The molecule has 0 saturated heterocycles. The third-order valence-corrected chi connectivity index (χ3v) is 2.05. The van der Waals surface area contributed by atoms with Gasteiger partial charge in [0.2, 0.25) is 0 Å². The third-order valence-electron chi connectivity index (χ3n) is 2.05. The number of H-pyrrole nitrogens is 1. The van der Waals surface area contributed by atoms with Crippen LogP contribution >= 0.6 is 0 Å². The summed E-state index contributed by atoms with van der Waals surface area (Å²) in [7, 11) is 0. The van der Waals surface area contributed by atoms with Gasteiger partial charge in [0, 0.05) is 17.5 Å². The van der Waals surface area contributed by atoms with Gasteiger partial charge in [-0.25, -0.2) is 0 Å². The Kier molecular flexibility index (Phi) is 1.63. The number of fused-ring (bicyclic) bond motifs is 1. The average molecular weight is 193 g/mol. The number of hydrogen-bond donors (Lipinski definition) is 2. The van der Waals surface area contributed by atoms with Gasteiger partial charge in [0.1, 0.15) is 0 Å². The van der Waals surface area contributed by atoms with Gasteiger partial charge in [-0.05, 0) is 6.92 Å². The summed E-state index contributed by atoms with van der Waals surface area (Å²) in [5, 5.41) is 27.0. The second-order valence-electron chi connectivity index (χ2n) is 2.95. The van der Waals surface area contributed by atoms with E-state index in [1.807, 2.05) is 0 Å². The van der Waals surface area contributed by atoms with Gasteiger partial charge in [0.15, 0.2) is 5.75 Å². The van der Waals surface area contributed by atoms with Crippen molar-refractivity contribution in [2.24, 2.45) is 0 Å². The molecule has 0 saturated carbocycles. The number of nitro benzene ring substituents is 1. The summed E-state index contributed by atoms with van der Waals surface area (Å²) < 4.78 is 0. The van der Waals surface area contributed by atoms with E-state index in [1.54, 1.807) is 6.92 Å². The van der Waals surface area contributed by atoms with E-state index in [4.69, 9.17) is 0 Å². The number of benzene rings is 1. The monoisotopic (exact) mass is 193 g/mol. The molecule has 2 rings (SSSR count). The number of hydrogen-bond acceptors (Lipinski definition) is 4. The fourth-order valence-corrected chi connectivity index (χ4v) is 1.32. The number of nitro groups is 1. The molecule has 0 unspecified atom stereocenters. The highest BCUT2D eigenvalue weighted by Crippen LogP contribution is 2.30. The molecule has 0 aliphatic carbocycles. The Labute approximate surface area is 78.3 Å². The minimum absolute atomic E-state index is 0.304. The zero-order valence-electron chi connectivity index (χ0n) is 7.31. The molecule has 2 N–H and O–H groups in total. The highest BCUT2D eigenvalue weighted by Gasteiger charge is 2.16. The summed E-state index contributed by atoms with van der Waals surface area (Å²) in [4.78, 5) is 9.89. The molecule has 1 aromatic carbocycles. The van der Waals surface area contributed by atoms with Crippen molar-refractivity contribution in [3.05, 3.63) is 27.9 Å². The molecule has 1 aromatic heterocycles. The predicted molar refractivity (Wildman–Crippen MR) is 49.1 cm³/mol. The van der Waals surface area contributed by atoms with Crippen LogP contribution in [-0.2, 0) is 0 Å². The molecule has 0 bridgehead atoms. The van der Waals surface area contributed by atoms with E-state index in [0.717, 1.165) is 0 Å². The SMILES string of the molecule is Cc1n[nH]c2cc(O)c([N+](=O)[O-])cc12. The van der Waals surface area contributed by atoms with Crippen molar-refractivity contribution < 1.29 is 10.0 Å². The number of nitrogens with zero attached hydrogens (tertiary/aromatic N) is 2. The molecule has 0 aliphatic rings. The maximum Gasteiger partial charge on any atom is 0.311 e. The Morgan fingerprint density at radius 2 is 2.29 bits per heavy atom. The van der Waals surface area contributed by atoms with Gasteiger partial charge < -0.3 is 5.11 Å². The van der Waals surface area contributed by atoms with E-state index >= 15 is 0 Å². The molecule has 0 aliphatic heterocycles. The van der Waals surface area contributed by atoms with Gasteiger partial charge in [0.25, 0.3) is 0 Å². The standard InChI is InChI=1S/C8H7N3O3/c1-4-5-2-7(11(13)14)8(12)3-6(5)10-9-4/h2-3,12H,1H3,(H,9,10). The van der Waals surface area contributed by atoms with Gasteiger partial charge in [-0.1, -0.05) is 0 Å². The minimum Gasteiger partial charge on any atom is -0.502 e. The van der Waals surface area contributed by atoms with Crippen LogP contribution in [-0.4, -0.2) is 20.2 Å². The number of aromatic hydroxyl groups is 1. The van der Waals surface area contributed by atoms with Gasteiger partial charge in [-0.15, -0.1) is 0 Å². The highest BCUT2D eigenvalue weighted by atomic mass is 16.6. The number of aromatic nitrogens is 2. The molecule has 72 valence electrons. The van der Waals surface area contributed by atoms with Crippen molar-refractivity contribution >= 4 is 16.6 Å². The van der Waals surface area contributed by atoms with Crippen LogP contribution < -0.4 is 0 Å². The Morgan fingerprint density at radius 3 is 2.93 bits per heavy atom. The van der Waals surface area contributed by atoms with Gasteiger partial charge >= 0.3 is 5.69 Å². The molecule has 1 heterocycles. The van der Waals surface area contributed by atoms with E-state index in [9.17, 15) is 15.2 Å². The van der Waals surface area contributed by atoms with Crippen molar-refractivity contribution in [2.45, 2.75) is 6.92 Å². The second-order valence-corrected chi connectivity index (χ2v) is 2.95. The van der Waals surface area contributed by atoms with Crippen LogP contribution in [0, 0.1) is 17.0 Å². The van der Waals surface area contributed by atoms with Gasteiger partial charge in [0.05, 0.1) is 16.1 Å². The normalized spacial score (nSPS) is 10.6. The number of rotatable bonds is 1. The molecule has 0 radical (unpaired) electrons. The Morgan fingerprint density at radius 1 is 1.57 bits per heavy atom. The maximum atomic E-state index is 10.5. The van der Waals surface area contributed by atoms with Crippen molar-refractivity contribution in [3.63, 3.8) is 0 Å². The second kappa shape index (κ2) is 2.69. The molecular weight excluding hydrogens is 186 g/mol. The van der Waals surface area contributed by atoms with Crippen LogP contribution in [0.3, 0.4) is 0 Å². The smallest absolute Gasteiger partial charge is 0.311 e. The summed E-state index contributed by atoms with van der Waals surface area (Å²) in [6.45, 7) is 1.74. The summed E-state index contributed by atoms with van der Waals surface area (Å²) in [6.07, 6.45) is 0. The number of nitrogens with one attached hydrogen (secondary N) is 1. The molecular formula is C8H7N3O3. The first-order chi connectivity index (χ1) is 6.59. The van der Waals surface area contributed by atoms with E-state index in [-0.39, 0.29) is 11.4 Å². The zero-order chi connectivity index (χ0) is 10.3. The molecule has 6 nitrogen and oxygen atoms in total. The quantitative estimate of drug-likeness (QED) is 0.530. The first-order valence-corrected chi connectivity index (χ1v) is 3.91. The molecule has 0 fully saturated rings. The first-order valence-electron chi connectivity index (χ1n) is 3.91. The van der Waals surface area contributed by atoms with Crippen LogP contribution in [0.1, 0.15) is 5.69 Å². The topological polar surface area (TPSA) is 92.0 Å². The lowest BCUT2D eigenvalue weighted by Gasteiger charge is -1.95. The summed E-state index contributed by atoms with van der Waals surface area (Å²) in [5.74, 6) is -0.355. The van der Waals surface area contributed by atoms with Crippen LogP contribution in [0.15, 0.2) is 12.1 Å². The van der Waals surface area contributed by atoms with Gasteiger partial charge in [-0.3, -0.25) is 15.2 Å². The third kappa shape index (κ3) is 1.08. The lowest BCUT2D eigenvalue weighted by molar-refractivity contribution is -0.385. The fourth-order valence-electron chi connectivity index (χ4n) is 1.32. The van der Waals surface area contributed by atoms with E-state index in [2.05, 4.69) is 10.2 Å². The predicted octanol–water partition coefficient (Wildman–Crippen LogP) is 1.49. The molecule has 14 heavy (non-hydrogen) atoms. The number of aryl methyl sites for hydroxylation is 1. The number of phenolic OH excluding ortho intramolecular Hbond substituents is 1. The van der Waals surface area contributed by atoms with Crippen molar-refractivity contribution in [2.75, 3.05) is 0 Å². The van der Waals surface area contributed by atoms with Crippen LogP contribution in [0.25, 0.3) is 10.9 Å². The van der Waals surface area contributed by atoms with Crippen LogP contribution in [0.2, 0.25) is 0 Å². The zero-order valence-corrected chi connectivity index (χ0v) is 7.31. The summed E-state index contributed by atoms with van der Waals surface area (Å²) >= 11 is 0. The summed E-state index contributed by atoms with van der Waals surface area (Å²) in [6, 6.07) is 2.61. The van der Waals surface area contributed by atoms with Crippen molar-refractivity contribution in [3.8, 4) is 5.75 Å². The largest absolute Gasteiger partial charge is 0.502 e. The molecule has 0 spiro atoms. The van der Waals surface area contributed by atoms with Gasteiger partial charge in [-0.2, -0.15) is 5.10 Å². The summed E-state index contributed by atoms with van der Waals surface area (Å²) in [5.41, 5.74) is 0.954. The molecule has 2 aromatic rings. The minimum atomic E-state index is -0.624. The lowest BCUT2D eigenvalue weighted by Crippen LogP contribution is -1.88. The van der Waals surface area contributed by atoms with Crippen molar-refractivity contribution in [1.29, 1.82) is 0 Å². The first kappa shape index (κ1) is 8.49. The average Bonchev–Trinajstić information content (AvgIpc) is 2.46. The Hall–Kier alpha value is -2.11. The highest BCUT2D eigenvalue weighted by molar-refractivity contribution is 5.85. The Balaban J connectivity index is 2.80. The lowest BCUT2D eigenvalue weighted by atomic mass is 10.2. The van der Waals surface area contributed by atoms with E-state index in [1.165, 1.54) is 12.1 Å². The van der Waals surface area contributed by atoms with Crippen LogP contribution in [0.5, 0.6) is 5.75 Å². The number of phenols is 1. The van der Waals surface area contributed by atoms with Crippen molar-refractivity contribution in [1.82, 2.24) is 10.2 Å². The number of aromatic amines is 1. The van der Waals surface area contributed by atoms with E-state index < -0.39 is 4.92 Å². The molecule has 6 heteroatoms. The molecule has 0 amide bonds. The fraction of sp³-hybridized carbons (Fsp3) is 0.125. The Bertz CT molecular complexity index is 518. The van der Waals surface area contributed by atoms with E-state index in [0.29, 0.717) is 16.6 Å². The maximum absolute atomic E-state index is 10.5. The van der Waals surface area contributed by atoms with Crippen LogP contribution in [0.4, 0.5) is 5.69 Å².